The summed E-state index contributed by atoms with van der Waals surface area (Å²) in [6, 6.07) is 2.43. The highest BCUT2D eigenvalue weighted by molar-refractivity contribution is 9.10. The number of nitrogens with zero attached hydrogens (tertiary/aromatic N) is 1. The van der Waals surface area contributed by atoms with Crippen molar-refractivity contribution in [2.75, 3.05) is 19.3 Å². The van der Waals surface area contributed by atoms with Crippen LogP contribution in [0.5, 0.6) is 0 Å². The summed E-state index contributed by atoms with van der Waals surface area (Å²) in [6.45, 7) is 0.255. The van der Waals surface area contributed by atoms with E-state index in [1.54, 1.807) is 0 Å². The zero-order chi connectivity index (χ0) is 15.1. The summed E-state index contributed by atoms with van der Waals surface area (Å²) in [6.07, 6.45) is 0.792. The number of benzene rings is 1. The van der Waals surface area contributed by atoms with Gasteiger partial charge in [-0.05, 0) is 46.8 Å². The number of aliphatic hydroxyl groups is 1. The van der Waals surface area contributed by atoms with Crippen molar-refractivity contribution in [3.8, 4) is 0 Å². The SMILES string of the molecule is CN(CC1CC(O)C1)S(=O)(=O)c1cc(N)cc(Br)c1F. The third-order valence-corrected chi connectivity index (χ3v) is 5.83. The van der Waals surface area contributed by atoms with Crippen LogP contribution in [0.15, 0.2) is 21.5 Å². The van der Waals surface area contributed by atoms with E-state index in [9.17, 15) is 17.9 Å². The molecule has 0 radical (unpaired) electrons. The summed E-state index contributed by atoms with van der Waals surface area (Å²) in [5.74, 6) is -0.739. The van der Waals surface area contributed by atoms with E-state index < -0.39 is 20.7 Å². The largest absolute Gasteiger partial charge is 0.399 e. The van der Waals surface area contributed by atoms with E-state index >= 15 is 0 Å². The number of hydrogen-bond acceptors (Lipinski definition) is 4. The van der Waals surface area contributed by atoms with Crippen molar-refractivity contribution in [3.05, 3.63) is 22.4 Å². The zero-order valence-electron chi connectivity index (χ0n) is 10.9. The van der Waals surface area contributed by atoms with Gasteiger partial charge in [-0.3, -0.25) is 0 Å². The summed E-state index contributed by atoms with van der Waals surface area (Å²) >= 11 is 2.95. The molecule has 1 saturated carbocycles. The molecule has 8 heteroatoms. The van der Waals surface area contributed by atoms with Crippen molar-refractivity contribution in [2.45, 2.75) is 23.8 Å². The molecule has 2 rings (SSSR count). The lowest BCUT2D eigenvalue weighted by Gasteiger charge is -2.34. The minimum absolute atomic E-state index is 0.0172. The Morgan fingerprint density at radius 1 is 1.50 bits per heavy atom. The molecule has 0 bridgehead atoms. The van der Waals surface area contributed by atoms with E-state index in [1.807, 2.05) is 0 Å². The Bertz CT molecular complexity index is 617. The molecule has 1 fully saturated rings. The Morgan fingerprint density at radius 2 is 2.10 bits per heavy atom. The summed E-state index contributed by atoms with van der Waals surface area (Å²) in [4.78, 5) is -0.438. The molecule has 112 valence electrons. The number of rotatable bonds is 4. The molecule has 20 heavy (non-hydrogen) atoms. The number of aliphatic hydroxyl groups excluding tert-OH is 1. The Balaban J connectivity index is 2.25. The first-order valence-electron chi connectivity index (χ1n) is 6.10. The van der Waals surface area contributed by atoms with Crippen LogP contribution in [0.2, 0.25) is 0 Å². The Kier molecular flexibility index (Phi) is 4.38. The molecule has 1 aromatic rings. The van der Waals surface area contributed by atoms with Crippen molar-refractivity contribution < 1.29 is 17.9 Å². The predicted octanol–water partition coefficient (Wildman–Crippen LogP) is 1.56. The van der Waals surface area contributed by atoms with E-state index in [0.717, 1.165) is 10.4 Å². The van der Waals surface area contributed by atoms with Crippen LogP contribution in [0, 0.1) is 11.7 Å². The average Bonchev–Trinajstić information content (AvgIpc) is 2.31. The molecule has 0 atom stereocenters. The van der Waals surface area contributed by atoms with Crippen molar-refractivity contribution in [1.82, 2.24) is 4.31 Å². The third kappa shape index (κ3) is 2.98. The molecule has 1 aliphatic carbocycles. The van der Waals surface area contributed by atoms with Crippen LogP contribution in [0.4, 0.5) is 10.1 Å². The maximum atomic E-state index is 14.0. The van der Waals surface area contributed by atoms with Crippen LogP contribution in [-0.2, 0) is 10.0 Å². The van der Waals surface area contributed by atoms with Crippen molar-refractivity contribution >= 4 is 31.6 Å². The van der Waals surface area contributed by atoms with Gasteiger partial charge in [0.25, 0.3) is 0 Å². The Morgan fingerprint density at radius 3 is 2.65 bits per heavy atom. The second-order valence-electron chi connectivity index (χ2n) is 5.09. The standard InChI is InChI=1S/C12H16BrFN2O3S/c1-16(6-7-2-9(17)3-7)20(18,19)11-5-8(15)4-10(13)12(11)14/h4-5,7,9,17H,2-3,6,15H2,1H3. The van der Waals surface area contributed by atoms with Gasteiger partial charge in [-0.1, -0.05) is 0 Å². The first-order valence-corrected chi connectivity index (χ1v) is 8.34. The first-order chi connectivity index (χ1) is 9.21. The Hall–Kier alpha value is -0.700. The van der Waals surface area contributed by atoms with E-state index in [2.05, 4.69) is 15.9 Å². The average molecular weight is 367 g/mol. The van der Waals surface area contributed by atoms with Gasteiger partial charge in [-0.25, -0.2) is 17.1 Å². The summed E-state index contributed by atoms with van der Waals surface area (Å²) in [5, 5.41) is 9.22. The molecule has 5 nitrogen and oxygen atoms in total. The van der Waals surface area contributed by atoms with Gasteiger partial charge >= 0.3 is 0 Å². The quantitative estimate of drug-likeness (QED) is 0.792. The smallest absolute Gasteiger partial charge is 0.245 e. The number of nitrogen functional groups attached to an aromatic ring is 1. The first kappa shape index (κ1) is 15.7. The van der Waals surface area contributed by atoms with E-state index in [-0.39, 0.29) is 28.7 Å². The summed E-state index contributed by atoms with van der Waals surface area (Å²) in [7, 11) is -2.54. The van der Waals surface area contributed by atoms with Gasteiger partial charge in [0, 0.05) is 19.3 Å². The van der Waals surface area contributed by atoms with E-state index in [4.69, 9.17) is 5.73 Å². The van der Waals surface area contributed by atoms with E-state index in [1.165, 1.54) is 13.1 Å². The molecular weight excluding hydrogens is 351 g/mol. The highest BCUT2D eigenvalue weighted by Gasteiger charge is 2.33. The molecular formula is C12H16BrFN2O3S. The van der Waals surface area contributed by atoms with Crippen LogP contribution >= 0.6 is 15.9 Å². The fourth-order valence-corrected chi connectivity index (χ4v) is 4.22. The van der Waals surface area contributed by atoms with Crippen molar-refractivity contribution in [1.29, 1.82) is 0 Å². The molecule has 0 heterocycles. The second kappa shape index (κ2) is 5.59. The van der Waals surface area contributed by atoms with Gasteiger partial charge in [0.15, 0.2) is 5.82 Å². The highest BCUT2D eigenvalue weighted by atomic mass is 79.9. The van der Waals surface area contributed by atoms with Gasteiger partial charge < -0.3 is 10.8 Å². The molecule has 1 aliphatic rings. The maximum Gasteiger partial charge on any atom is 0.245 e. The van der Waals surface area contributed by atoms with Crippen LogP contribution in [0.1, 0.15) is 12.8 Å². The van der Waals surface area contributed by atoms with Crippen LogP contribution in [0.25, 0.3) is 0 Å². The van der Waals surface area contributed by atoms with Gasteiger partial charge in [-0.15, -0.1) is 0 Å². The monoisotopic (exact) mass is 366 g/mol. The normalized spacial score (nSPS) is 22.9. The lowest BCUT2D eigenvalue weighted by atomic mass is 9.82. The Labute approximate surface area is 125 Å². The molecule has 0 aromatic heterocycles. The third-order valence-electron chi connectivity index (χ3n) is 3.43. The zero-order valence-corrected chi connectivity index (χ0v) is 13.3. The number of sulfonamides is 1. The lowest BCUT2D eigenvalue weighted by Crippen LogP contribution is -2.39. The van der Waals surface area contributed by atoms with E-state index in [0.29, 0.717) is 12.8 Å². The molecule has 1 aromatic carbocycles. The number of hydrogen-bond donors (Lipinski definition) is 2. The molecule has 0 unspecified atom stereocenters. The number of nitrogens with two attached hydrogens (primary N) is 1. The maximum absolute atomic E-state index is 14.0. The van der Waals surface area contributed by atoms with Crippen LogP contribution in [-0.4, -0.2) is 37.5 Å². The summed E-state index contributed by atoms with van der Waals surface area (Å²) < 4.78 is 39.8. The molecule has 0 saturated heterocycles. The molecule has 0 spiro atoms. The fourth-order valence-electron chi connectivity index (χ4n) is 2.25. The van der Waals surface area contributed by atoms with Gasteiger partial charge in [-0.2, -0.15) is 0 Å². The van der Waals surface area contributed by atoms with Gasteiger partial charge in [0.2, 0.25) is 10.0 Å². The highest BCUT2D eigenvalue weighted by Crippen LogP contribution is 2.31. The van der Waals surface area contributed by atoms with Crippen LogP contribution in [0.3, 0.4) is 0 Å². The number of halogens is 2. The molecule has 3 N–H and O–H groups in total. The predicted molar refractivity (Wildman–Crippen MR) is 77.1 cm³/mol. The topological polar surface area (TPSA) is 83.6 Å². The minimum atomic E-state index is -3.94. The lowest BCUT2D eigenvalue weighted by molar-refractivity contribution is 0.0367. The molecule has 0 amide bonds. The van der Waals surface area contributed by atoms with Crippen molar-refractivity contribution in [2.24, 2.45) is 5.92 Å². The fraction of sp³-hybridized carbons (Fsp3) is 0.500. The van der Waals surface area contributed by atoms with Gasteiger partial charge in [0.05, 0.1) is 10.6 Å². The molecule has 0 aliphatic heterocycles. The second-order valence-corrected chi connectivity index (χ2v) is 7.96. The van der Waals surface area contributed by atoms with Gasteiger partial charge in [0.1, 0.15) is 4.90 Å². The number of anilines is 1. The minimum Gasteiger partial charge on any atom is -0.399 e. The van der Waals surface area contributed by atoms with Crippen LogP contribution < -0.4 is 5.73 Å². The van der Waals surface area contributed by atoms with Crippen molar-refractivity contribution in [3.63, 3.8) is 0 Å². The summed E-state index contributed by atoms with van der Waals surface area (Å²) in [5.41, 5.74) is 5.74.